The van der Waals surface area contributed by atoms with E-state index in [1.807, 2.05) is 0 Å². The Labute approximate surface area is 108 Å². The number of carbonyl (C=O) groups is 1. The maximum absolute atomic E-state index is 12.4. The first-order chi connectivity index (χ1) is 8.36. The topological polar surface area (TPSA) is 77.9 Å². The molecular formula is C11H20N2O4S. The quantitative estimate of drug-likeness (QED) is 0.815. The smallest absolute Gasteiger partial charge is 0.310 e. The Morgan fingerprint density at radius 1 is 1.11 bits per heavy atom. The lowest BCUT2D eigenvalue weighted by molar-refractivity contribution is -0.146. The molecule has 18 heavy (non-hydrogen) atoms. The normalized spacial score (nSPS) is 31.6. The Morgan fingerprint density at radius 2 is 1.72 bits per heavy atom. The zero-order valence-electron chi connectivity index (χ0n) is 10.6. The minimum Gasteiger partial charge on any atom is -0.481 e. The van der Waals surface area contributed by atoms with Crippen LogP contribution in [0, 0.1) is 5.41 Å². The molecule has 0 aliphatic carbocycles. The van der Waals surface area contributed by atoms with E-state index in [1.54, 1.807) is 6.92 Å². The molecule has 0 aromatic carbocycles. The molecule has 0 aromatic rings. The van der Waals surface area contributed by atoms with Crippen molar-refractivity contribution in [1.82, 2.24) is 8.61 Å². The van der Waals surface area contributed by atoms with Gasteiger partial charge in [-0.2, -0.15) is 17.0 Å². The summed E-state index contributed by atoms with van der Waals surface area (Å²) in [6.45, 7) is 3.12. The van der Waals surface area contributed by atoms with Crippen LogP contribution in [0.25, 0.3) is 0 Å². The van der Waals surface area contributed by atoms with Gasteiger partial charge in [-0.1, -0.05) is 6.42 Å². The zero-order valence-corrected chi connectivity index (χ0v) is 11.4. The van der Waals surface area contributed by atoms with Gasteiger partial charge in [0.15, 0.2) is 0 Å². The number of nitrogens with zero attached hydrogens (tertiary/aromatic N) is 2. The minimum atomic E-state index is -3.46. The average molecular weight is 276 g/mol. The SMILES string of the molecule is CC1(C(=O)O)CCN(S(=O)(=O)N2CCCCC2)C1. The van der Waals surface area contributed by atoms with Crippen molar-refractivity contribution in [2.45, 2.75) is 32.6 Å². The molecule has 2 aliphatic heterocycles. The van der Waals surface area contributed by atoms with Gasteiger partial charge in [0.2, 0.25) is 0 Å². The van der Waals surface area contributed by atoms with E-state index in [4.69, 9.17) is 5.11 Å². The highest BCUT2D eigenvalue weighted by Crippen LogP contribution is 2.33. The second-order valence-electron chi connectivity index (χ2n) is 5.42. The van der Waals surface area contributed by atoms with Crippen molar-refractivity contribution in [3.05, 3.63) is 0 Å². The van der Waals surface area contributed by atoms with Gasteiger partial charge in [-0.3, -0.25) is 4.79 Å². The maximum atomic E-state index is 12.4. The van der Waals surface area contributed by atoms with Crippen LogP contribution < -0.4 is 0 Å². The summed E-state index contributed by atoms with van der Waals surface area (Å²) in [4.78, 5) is 11.1. The Bertz CT molecular complexity index is 430. The van der Waals surface area contributed by atoms with E-state index < -0.39 is 21.6 Å². The third kappa shape index (κ3) is 2.39. The molecule has 0 aromatic heterocycles. The summed E-state index contributed by atoms with van der Waals surface area (Å²) in [5, 5.41) is 9.13. The van der Waals surface area contributed by atoms with Crippen LogP contribution in [0.5, 0.6) is 0 Å². The Balaban J connectivity index is 2.10. The maximum Gasteiger partial charge on any atom is 0.310 e. The van der Waals surface area contributed by atoms with Crippen molar-refractivity contribution in [1.29, 1.82) is 0 Å². The first-order valence-corrected chi connectivity index (χ1v) is 7.75. The lowest BCUT2D eigenvalue weighted by Crippen LogP contribution is -2.46. The highest BCUT2D eigenvalue weighted by atomic mass is 32.2. The van der Waals surface area contributed by atoms with Crippen LogP contribution in [0.4, 0.5) is 0 Å². The molecule has 2 rings (SSSR count). The van der Waals surface area contributed by atoms with Crippen LogP contribution in [0.2, 0.25) is 0 Å². The Morgan fingerprint density at radius 3 is 2.22 bits per heavy atom. The molecule has 1 atom stereocenters. The van der Waals surface area contributed by atoms with Crippen molar-refractivity contribution in [3.63, 3.8) is 0 Å². The van der Waals surface area contributed by atoms with Crippen LogP contribution >= 0.6 is 0 Å². The summed E-state index contributed by atoms with van der Waals surface area (Å²) in [6, 6.07) is 0. The average Bonchev–Trinajstić information content (AvgIpc) is 2.75. The second kappa shape index (κ2) is 4.79. The molecule has 1 N–H and O–H groups in total. The predicted octanol–water partition coefficient (Wildman–Crippen LogP) is 0.514. The van der Waals surface area contributed by atoms with E-state index in [9.17, 15) is 13.2 Å². The number of carboxylic acids is 1. The minimum absolute atomic E-state index is 0.0845. The fourth-order valence-electron chi connectivity index (χ4n) is 2.55. The fourth-order valence-corrected chi connectivity index (χ4v) is 4.37. The van der Waals surface area contributed by atoms with Crippen LogP contribution in [0.15, 0.2) is 0 Å². The molecule has 6 nitrogen and oxygen atoms in total. The second-order valence-corrected chi connectivity index (χ2v) is 7.35. The number of hydrogen-bond acceptors (Lipinski definition) is 3. The molecule has 2 fully saturated rings. The van der Waals surface area contributed by atoms with Crippen LogP contribution in [0.3, 0.4) is 0 Å². The van der Waals surface area contributed by atoms with E-state index >= 15 is 0 Å². The van der Waals surface area contributed by atoms with Gasteiger partial charge in [-0.15, -0.1) is 0 Å². The summed E-state index contributed by atoms with van der Waals surface area (Å²) in [6.07, 6.45) is 3.24. The van der Waals surface area contributed by atoms with Gasteiger partial charge in [0, 0.05) is 26.2 Å². The van der Waals surface area contributed by atoms with Gasteiger partial charge in [0.25, 0.3) is 10.2 Å². The number of carboxylic acid groups (broad SMARTS) is 1. The highest BCUT2D eigenvalue weighted by Gasteiger charge is 2.46. The molecule has 0 amide bonds. The van der Waals surface area contributed by atoms with Gasteiger partial charge >= 0.3 is 5.97 Å². The molecule has 0 spiro atoms. The lowest BCUT2D eigenvalue weighted by Gasteiger charge is -2.30. The van der Waals surface area contributed by atoms with Gasteiger partial charge in [-0.25, -0.2) is 0 Å². The molecule has 7 heteroatoms. The molecular weight excluding hydrogens is 256 g/mol. The lowest BCUT2D eigenvalue weighted by atomic mass is 9.90. The summed E-state index contributed by atoms with van der Waals surface area (Å²) in [7, 11) is -3.46. The van der Waals surface area contributed by atoms with Gasteiger partial charge < -0.3 is 5.11 Å². The highest BCUT2D eigenvalue weighted by molar-refractivity contribution is 7.86. The van der Waals surface area contributed by atoms with Crippen molar-refractivity contribution in [3.8, 4) is 0 Å². The molecule has 2 saturated heterocycles. The summed E-state index contributed by atoms with van der Waals surface area (Å²) in [5.41, 5.74) is -0.942. The van der Waals surface area contributed by atoms with E-state index in [1.165, 1.54) is 8.61 Å². The van der Waals surface area contributed by atoms with Crippen LogP contribution in [-0.2, 0) is 15.0 Å². The molecule has 0 radical (unpaired) electrons. The first-order valence-electron chi connectivity index (χ1n) is 6.35. The third-order valence-corrected chi connectivity index (χ3v) is 5.90. The zero-order chi connectivity index (χ0) is 13.4. The number of hydrogen-bond donors (Lipinski definition) is 1. The van der Waals surface area contributed by atoms with Gasteiger partial charge in [-0.05, 0) is 26.2 Å². The van der Waals surface area contributed by atoms with Crippen molar-refractivity contribution < 1.29 is 18.3 Å². The molecule has 2 heterocycles. The predicted molar refractivity (Wildman–Crippen MR) is 66.3 cm³/mol. The largest absolute Gasteiger partial charge is 0.481 e. The van der Waals surface area contributed by atoms with E-state index in [2.05, 4.69) is 0 Å². The first kappa shape index (κ1) is 13.8. The van der Waals surface area contributed by atoms with Crippen molar-refractivity contribution >= 4 is 16.2 Å². The van der Waals surface area contributed by atoms with Gasteiger partial charge in [0.1, 0.15) is 0 Å². The van der Waals surface area contributed by atoms with E-state index in [-0.39, 0.29) is 6.54 Å². The standard InChI is InChI=1S/C11H20N2O4S/c1-11(10(14)15)5-8-13(9-11)18(16,17)12-6-3-2-4-7-12/h2-9H2,1H3,(H,14,15). The monoisotopic (exact) mass is 276 g/mol. The summed E-state index contributed by atoms with van der Waals surface area (Å²) in [5.74, 6) is -0.918. The fraction of sp³-hybridized carbons (Fsp3) is 0.909. The number of piperidine rings is 1. The van der Waals surface area contributed by atoms with E-state index in [0.717, 1.165) is 19.3 Å². The summed E-state index contributed by atoms with van der Waals surface area (Å²) >= 11 is 0. The van der Waals surface area contributed by atoms with E-state index in [0.29, 0.717) is 26.1 Å². The molecule has 104 valence electrons. The third-order valence-electron chi connectivity index (χ3n) is 3.92. The summed E-state index contributed by atoms with van der Waals surface area (Å²) < 4.78 is 27.5. The number of aliphatic carboxylic acids is 1. The number of rotatable bonds is 3. The van der Waals surface area contributed by atoms with Crippen molar-refractivity contribution in [2.75, 3.05) is 26.2 Å². The molecule has 2 aliphatic rings. The van der Waals surface area contributed by atoms with Crippen LogP contribution in [0.1, 0.15) is 32.6 Å². The molecule has 0 bridgehead atoms. The molecule has 0 saturated carbocycles. The Kier molecular flexibility index (Phi) is 3.66. The van der Waals surface area contributed by atoms with Crippen LogP contribution in [-0.4, -0.2) is 54.3 Å². The van der Waals surface area contributed by atoms with Crippen molar-refractivity contribution in [2.24, 2.45) is 5.41 Å². The molecule has 1 unspecified atom stereocenters. The Hall–Kier alpha value is -0.660. The van der Waals surface area contributed by atoms with Gasteiger partial charge in [0.05, 0.1) is 5.41 Å².